The standard InChI is InChI=1S/C17H27N3/c1-2-8-17(9-3-1)20-14-12-19(13-15-20)11-5-7-16-6-4-10-18-16/h1-3,8-9,16,18H,4-7,10-15H2. The zero-order chi connectivity index (χ0) is 13.6. The summed E-state index contributed by atoms with van der Waals surface area (Å²) in [6.45, 7) is 7.29. The minimum Gasteiger partial charge on any atom is -0.369 e. The molecular weight excluding hydrogens is 246 g/mol. The molecule has 0 aliphatic carbocycles. The molecule has 2 aliphatic heterocycles. The summed E-state index contributed by atoms with van der Waals surface area (Å²) in [5.74, 6) is 0. The van der Waals surface area contributed by atoms with Crippen LogP contribution in [0, 0.1) is 0 Å². The van der Waals surface area contributed by atoms with E-state index in [9.17, 15) is 0 Å². The van der Waals surface area contributed by atoms with Gasteiger partial charge in [0, 0.05) is 37.9 Å². The minimum absolute atomic E-state index is 0.806. The molecule has 2 heterocycles. The van der Waals surface area contributed by atoms with Crippen LogP contribution in [0.5, 0.6) is 0 Å². The molecule has 110 valence electrons. The van der Waals surface area contributed by atoms with Gasteiger partial charge in [0.25, 0.3) is 0 Å². The lowest BCUT2D eigenvalue weighted by Crippen LogP contribution is -2.46. The molecule has 0 bridgehead atoms. The molecule has 1 unspecified atom stereocenters. The van der Waals surface area contributed by atoms with E-state index in [1.165, 1.54) is 70.6 Å². The summed E-state index contributed by atoms with van der Waals surface area (Å²) in [4.78, 5) is 5.14. The molecule has 20 heavy (non-hydrogen) atoms. The van der Waals surface area contributed by atoms with Crippen LogP contribution in [0.4, 0.5) is 5.69 Å². The van der Waals surface area contributed by atoms with Crippen molar-refractivity contribution in [1.82, 2.24) is 10.2 Å². The summed E-state index contributed by atoms with van der Waals surface area (Å²) in [6.07, 6.45) is 5.48. The molecule has 2 aliphatic rings. The molecule has 0 spiro atoms. The van der Waals surface area contributed by atoms with E-state index in [4.69, 9.17) is 0 Å². The number of hydrogen-bond acceptors (Lipinski definition) is 3. The lowest BCUT2D eigenvalue weighted by Gasteiger charge is -2.36. The molecule has 1 atom stereocenters. The Balaban J connectivity index is 1.36. The first-order valence-electron chi connectivity index (χ1n) is 8.17. The van der Waals surface area contributed by atoms with Gasteiger partial charge >= 0.3 is 0 Å². The molecule has 0 radical (unpaired) electrons. The fourth-order valence-electron chi connectivity index (χ4n) is 3.43. The lowest BCUT2D eigenvalue weighted by molar-refractivity contribution is 0.249. The van der Waals surface area contributed by atoms with Crippen LogP contribution in [-0.4, -0.2) is 50.2 Å². The molecule has 0 amide bonds. The quantitative estimate of drug-likeness (QED) is 0.888. The number of nitrogens with one attached hydrogen (secondary N) is 1. The molecule has 2 saturated heterocycles. The summed E-state index contributed by atoms with van der Waals surface area (Å²) in [7, 11) is 0. The van der Waals surface area contributed by atoms with Crippen LogP contribution in [0.25, 0.3) is 0 Å². The monoisotopic (exact) mass is 273 g/mol. The second-order valence-corrected chi connectivity index (χ2v) is 6.10. The average molecular weight is 273 g/mol. The predicted molar refractivity (Wildman–Crippen MR) is 85.4 cm³/mol. The summed E-state index contributed by atoms with van der Waals surface area (Å²) in [5, 5.41) is 3.60. The van der Waals surface area contributed by atoms with Crippen molar-refractivity contribution in [2.24, 2.45) is 0 Å². The van der Waals surface area contributed by atoms with Gasteiger partial charge in [-0.25, -0.2) is 0 Å². The first-order valence-corrected chi connectivity index (χ1v) is 8.17. The third kappa shape index (κ3) is 3.74. The number of piperazine rings is 1. The number of anilines is 1. The minimum atomic E-state index is 0.806. The van der Waals surface area contributed by atoms with Crippen molar-refractivity contribution in [3.63, 3.8) is 0 Å². The van der Waals surface area contributed by atoms with E-state index in [-0.39, 0.29) is 0 Å². The van der Waals surface area contributed by atoms with Crippen molar-refractivity contribution in [3.05, 3.63) is 30.3 Å². The first kappa shape index (κ1) is 13.9. The van der Waals surface area contributed by atoms with Crippen molar-refractivity contribution in [2.45, 2.75) is 31.7 Å². The van der Waals surface area contributed by atoms with Crippen LogP contribution in [0.2, 0.25) is 0 Å². The third-order valence-electron chi connectivity index (χ3n) is 4.68. The molecule has 1 aromatic carbocycles. The molecular formula is C17H27N3. The normalized spacial score (nSPS) is 24.2. The van der Waals surface area contributed by atoms with E-state index in [2.05, 4.69) is 45.4 Å². The second kappa shape index (κ2) is 7.09. The topological polar surface area (TPSA) is 18.5 Å². The van der Waals surface area contributed by atoms with E-state index < -0.39 is 0 Å². The molecule has 0 aromatic heterocycles. The smallest absolute Gasteiger partial charge is 0.0367 e. The van der Waals surface area contributed by atoms with Crippen LogP contribution in [0.3, 0.4) is 0 Å². The Morgan fingerprint density at radius 3 is 2.55 bits per heavy atom. The van der Waals surface area contributed by atoms with E-state index in [1.54, 1.807) is 0 Å². The highest BCUT2D eigenvalue weighted by molar-refractivity contribution is 5.46. The van der Waals surface area contributed by atoms with Crippen molar-refractivity contribution in [3.8, 4) is 0 Å². The van der Waals surface area contributed by atoms with Gasteiger partial charge in [-0.05, 0) is 50.9 Å². The molecule has 3 nitrogen and oxygen atoms in total. The first-order chi connectivity index (χ1) is 9.92. The summed E-state index contributed by atoms with van der Waals surface area (Å²) >= 11 is 0. The number of benzene rings is 1. The van der Waals surface area contributed by atoms with E-state index in [0.29, 0.717) is 0 Å². The van der Waals surface area contributed by atoms with Crippen LogP contribution in [-0.2, 0) is 0 Å². The molecule has 0 saturated carbocycles. The molecule has 1 aromatic rings. The van der Waals surface area contributed by atoms with E-state index in [1.807, 2.05) is 0 Å². The maximum Gasteiger partial charge on any atom is 0.0367 e. The Bertz CT molecular complexity index is 378. The van der Waals surface area contributed by atoms with Gasteiger partial charge in [-0.1, -0.05) is 18.2 Å². The Labute approximate surface area is 123 Å². The lowest BCUT2D eigenvalue weighted by atomic mass is 10.1. The summed E-state index contributed by atoms with van der Waals surface area (Å²) in [6, 6.07) is 11.6. The maximum atomic E-state index is 3.60. The average Bonchev–Trinajstić information content (AvgIpc) is 3.02. The van der Waals surface area contributed by atoms with Gasteiger partial charge in [0.05, 0.1) is 0 Å². The highest BCUT2D eigenvalue weighted by Crippen LogP contribution is 2.16. The Hall–Kier alpha value is -1.06. The number of hydrogen-bond donors (Lipinski definition) is 1. The molecule has 1 N–H and O–H groups in total. The van der Waals surface area contributed by atoms with E-state index >= 15 is 0 Å². The van der Waals surface area contributed by atoms with Gasteiger partial charge in [-0.2, -0.15) is 0 Å². The van der Waals surface area contributed by atoms with Gasteiger partial charge in [0.1, 0.15) is 0 Å². The van der Waals surface area contributed by atoms with Crippen LogP contribution in [0.15, 0.2) is 30.3 Å². The highest BCUT2D eigenvalue weighted by atomic mass is 15.3. The van der Waals surface area contributed by atoms with Gasteiger partial charge in [-0.3, -0.25) is 4.90 Å². The zero-order valence-electron chi connectivity index (χ0n) is 12.4. The fourth-order valence-corrected chi connectivity index (χ4v) is 3.43. The zero-order valence-corrected chi connectivity index (χ0v) is 12.4. The Morgan fingerprint density at radius 2 is 1.85 bits per heavy atom. The van der Waals surface area contributed by atoms with Crippen molar-refractivity contribution in [1.29, 1.82) is 0 Å². The SMILES string of the molecule is c1ccc(N2CCN(CCCC3CCCN3)CC2)cc1. The second-order valence-electron chi connectivity index (χ2n) is 6.10. The van der Waals surface area contributed by atoms with Gasteiger partial charge in [0.15, 0.2) is 0 Å². The number of para-hydroxylation sites is 1. The van der Waals surface area contributed by atoms with Gasteiger partial charge < -0.3 is 10.2 Å². The number of rotatable bonds is 5. The van der Waals surface area contributed by atoms with Gasteiger partial charge in [0.2, 0.25) is 0 Å². The summed E-state index contributed by atoms with van der Waals surface area (Å²) < 4.78 is 0. The largest absolute Gasteiger partial charge is 0.369 e. The third-order valence-corrected chi connectivity index (χ3v) is 4.68. The van der Waals surface area contributed by atoms with Crippen LogP contribution < -0.4 is 10.2 Å². The molecule has 3 rings (SSSR count). The van der Waals surface area contributed by atoms with E-state index in [0.717, 1.165) is 6.04 Å². The Morgan fingerprint density at radius 1 is 1.05 bits per heavy atom. The number of nitrogens with zero attached hydrogens (tertiary/aromatic N) is 2. The van der Waals surface area contributed by atoms with Crippen LogP contribution >= 0.6 is 0 Å². The predicted octanol–water partition coefficient (Wildman–Crippen LogP) is 2.34. The van der Waals surface area contributed by atoms with Gasteiger partial charge in [-0.15, -0.1) is 0 Å². The molecule has 2 fully saturated rings. The fraction of sp³-hybridized carbons (Fsp3) is 0.647. The van der Waals surface area contributed by atoms with Crippen molar-refractivity contribution >= 4 is 5.69 Å². The van der Waals surface area contributed by atoms with Crippen molar-refractivity contribution in [2.75, 3.05) is 44.2 Å². The Kier molecular flexibility index (Phi) is 4.93. The van der Waals surface area contributed by atoms with Crippen molar-refractivity contribution < 1.29 is 0 Å². The molecule has 3 heteroatoms. The maximum absolute atomic E-state index is 3.60. The highest BCUT2D eigenvalue weighted by Gasteiger charge is 2.18. The summed E-state index contributed by atoms with van der Waals surface area (Å²) in [5.41, 5.74) is 1.38. The van der Waals surface area contributed by atoms with Crippen LogP contribution in [0.1, 0.15) is 25.7 Å².